The lowest BCUT2D eigenvalue weighted by molar-refractivity contribution is 0.0917. The van der Waals surface area contributed by atoms with Gasteiger partial charge in [0.15, 0.2) is 5.78 Å². The third-order valence-electron chi connectivity index (χ3n) is 4.03. The van der Waals surface area contributed by atoms with E-state index in [2.05, 4.69) is 15.4 Å². The second-order valence-corrected chi connectivity index (χ2v) is 5.87. The molecule has 8 heteroatoms. The lowest BCUT2D eigenvalue weighted by Gasteiger charge is -2.09. The van der Waals surface area contributed by atoms with Crippen LogP contribution in [0.25, 0.3) is 11.4 Å². The molecule has 2 N–H and O–H groups in total. The van der Waals surface area contributed by atoms with Crippen LogP contribution >= 0.6 is 0 Å². The number of amides is 1. The molecular weight excluding hydrogens is 346 g/mol. The van der Waals surface area contributed by atoms with Crippen LogP contribution in [-0.4, -0.2) is 38.5 Å². The Morgan fingerprint density at radius 2 is 1.70 bits per heavy atom. The molecule has 0 saturated carbocycles. The number of aromatic nitrogens is 4. The molecule has 0 fully saturated rings. The first kappa shape index (κ1) is 18.2. The SMILES string of the molecule is CCOc1ccc(C(=O)[C@@H](C)n2nnc(-c3ccc(C(N)=O)cc3)n2)cc1. The van der Waals surface area contributed by atoms with Crippen LogP contribution in [0.4, 0.5) is 0 Å². The van der Waals surface area contributed by atoms with Crippen LogP contribution in [0.3, 0.4) is 0 Å². The van der Waals surface area contributed by atoms with Crippen molar-refractivity contribution >= 4 is 11.7 Å². The van der Waals surface area contributed by atoms with E-state index in [0.29, 0.717) is 34.9 Å². The zero-order valence-corrected chi connectivity index (χ0v) is 15.0. The number of ketones is 1. The highest BCUT2D eigenvalue weighted by molar-refractivity contribution is 5.98. The van der Waals surface area contributed by atoms with E-state index in [1.807, 2.05) is 6.92 Å². The summed E-state index contributed by atoms with van der Waals surface area (Å²) in [7, 11) is 0. The van der Waals surface area contributed by atoms with E-state index in [4.69, 9.17) is 10.5 Å². The zero-order valence-electron chi connectivity index (χ0n) is 15.0. The van der Waals surface area contributed by atoms with Crippen LogP contribution in [0.2, 0.25) is 0 Å². The van der Waals surface area contributed by atoms with Crippen molar-refractivity contribution in [1.29, 1.82) is 0 Å². The molecule has 0 radical (unpaired) electrons. The van der Waals surface area contributed by atoms with Crippen molar-refractivity contribution in [2.75, 3.05) is 6.61 Å². The highest BCUT2D eigenvalue weighted by atomic mass is 16.5. The summed E-state index contributed by atoms with van der Waals surface area (Å²) in [5, 5.41) is 12.3. The van der Waals surface area contributed by atoms with Crippen LogP contribution in [0, 0.1) is 0 Å². The summed E-state index contributed by atoms with van der Waals surface area (Å²) in [5.74, 6) is 0.429. The van der Waals surface area contributed by atoms with Crippen LogP contribution in [0.1, 0.15) is 40.6 Å². The molecule has 1 heterocycles. The van der Waals surface area contributed by atoms with Crippen molar-refractivity contribution in [2.45, 2.75) is 19.9 Å². The van der Waals surface area contributed by atoms with Crippen molar-refractivity contribution < 1.29 is 14.3 Å². The highest BCUT2D eigenvalue weighted by Gasteiger charge is 2.20. The van der Waals surface area contributed by atoms with Gasteiger partial charge >= 0.3 is 0 Å². The summed E-state index contributed by atoms with van der Waals surface area (Å²) in [4.78, 5) is 25.1. The van der Waals surface area contributed by atoms with E-state index in [1.54, 1.807) is 55.5 Å². The smallest absolute Gasteiger partial charge is 0.248 e. The average Bonchev–Trinajstić information content (AvgIpc) is 3.18. The first-order valence-corrected chi connectivity index (χ1v) is 8.46. The van der Waals surface area contributed by atoms with Gasteiger partial charge < -0.3 is 10.5 Å². The number of carbonyl (C=O) groups excluding carboxylic acids is 2. The minimum Gasteiger partial charge on any atom is -0.494 e. The summed E-state index contributed by atoms with van der Waals surface area (Å²) < 4.78 is 5.38. The van der Waals surface area contributed by atoms with Crippen molar-refractivity contribution in [3.8, 4) is 17.1 Å². The maximum Gasteiger partial charge on any atom is 0.248 e. The van der Waals surface area contributed by atoms with Crippen molar-refractivity contribution in [1.82, 2.24) is 20.2 Å². The molecular formula is C19H19N5O3. The molecule has 1 atom stereocenters. The second-order valence-electron chi connectivity index (χ2n) is 5.87. The number of hydrogen-bond acceptors (Lipinski definition) is 6. The van der Waals surface area contributed by atoms with E-state index in [-0.39, 0.29) is 5.78 Å². The molecule has 3 rings (SSSR count). The Bertz CT molecular complexity index is 948. The van der Waals surface area contributed by atoms with Gasteiger partial charge in [0.1, 0.15) is 11.8 Å². The Morgan fingerprint density at radius 3 is 2.30 bits per heavy atom. The molecule has 0 unspecified atom stereocenters. The largest absolute Gasteiger partial charge is 0.494 e. The van der Waals surface area contributed by atoms with Crippen LogP contribution in [-0.2, 0) is 0 Å². The summed E-state index contributed by atoms with van der Waals surface area (Å²) in [6, 6.07) is 12.9. The van der Waals surface area contributed by atoms with Gasteiger partial charge in [-0.15, -0.1) is 10.2 Å². The molecule has 1 amide bonds. The van der Waals surface area contributed by atoms with Crippen LogP contribution < -0.4 is 10.5 Å². The molecule has 0 aliphatic rings. The van der Waals surface area contributed by atoms with Crippen molar-refractivity contribution in [3.63, 3.8) is 0 Å². The predicted octanol–water partition coefficient (Wildman–Crippen LogP) is 2.28. The number of nitrogens with zero attached hydrogens (tertiary/aromatic N) is 4. The number of benzene rings is 2. The molecule has 138 valence electrons. The quantitative estimate of drug-likeness (QED) is 0.643. The molecule has 0 spiro atoms. The Kier molecular flexibility index (Phi) is 5.25. The van der Waals surface area contributed by atoms with Gasteiger partial charge in [-0.05, 0) is 55.5 Å². The van der Waals surface area contributed by atoms with Gasteiger partial charge in [0.2, 0.25) is 11.7 Å². The first-order chi connectivity index (χ1) is 13.0. The minimum atomic E-state index is -0.617. The summed E-state index contributed by atoms with van der Waals surface area (Å²) >= 11 is 0. The number of ether oxygens (including phenoxy) is 1. The lowest BCUT2D eigenvalue weighted by Crippen LogP contribution is -2.19. The zero-order chi connectivity index (χ0) is 19.4. The Morgan fingerprint density at radius 1 is 1.07 bits per heavy atom. The van der Waals surface area contributed by atoms with Crippen molar-refractivity contribution in [2.24, 2.45) is 5.73 Å². The van der Waals surface area contributed by atoms with Gasteiger partial charge in [0.05, 0.1) is 6.61 Å². The highest BCUT2D eigenvalue weighted by Crippen LogP contribution is 2.19. The number of rotatable bonds is 7. The summed E-state index contributed by atoms with van der Waals surface area (Å²) in [5.41, 5.74) is 6.83. The molecule has 27 heavy (non-hydrogen) atoms. The predicted molar refractivity (Wildman–Crippen MR) is 98.4 cm³/mol. The maximum absolute atomic E-state index is 12.7. The number of Topliss-reactive ketones (excluding diaryl/α,β-unsaturated/α-hetero) is 1. The molecule has 1 aromatic heterocycles. The lowest BCUT2D eigenvalue weighted by atomic mass is 10.1. The topological polar surface area (TPSA) is 113 Å². The van der Waals surface area contributed by atoms with E-state index < -0.39 is 11.9 Å². The monoisotopic (exact) mass is 365 g/mol. The normalized spacial score (nSPS) is 11.8. The van der Waals surface area contributed by atoms with Gasteiger partial charge in [0.25, 0.3) is 0 Å². The first-order valence-electron chi connectivity index (χ1n) is 8.46. The van der Waals surface area contributed by atoms with E-state index in [9.17, 15) is 9.59 Å². The number of hydrogen-bond donors (Lipinski definition) is 1. The number of tetrazole rings is 1. The maximum atomic E-state index is 12.7. The summed E-state index contributed by atoms with van der Waals surface area (Å²) in [6.07, 6.45) is 0. The van der Waals surface area contributed by atoms with Gasteiger partial charge in [-0.1, -0.05) is 12.1 Å². The minimum absolute atomic E-state index is 0.133. The molecule has 0 aliphatic carbocycles. The van der Waals surface area contributed by atoms with Gasteiger partial charge in [-0.3, -0.25) is 9.59 Å². The van der Waals surface area contributed by atoms with Gasteiger partial charge in [-0.25, -0.2) is 0 Å². The van der Waals surface area contributed by atoms with E-state index in [1.165, 1.54) is 4.80 Å². The van der Waals surface area contributed by atoms with Crippen LogP contribution in [0.15, 0.2) is 48.5 Å². The number of carbonyl (C=O) groups is 2. The molecule has 0 bridgehead atoms. The molecule has 3 aromatic rings. The molecule has 0 aliphatic heterocycles. The van der Waals surface area contributed by atoms with Crippen molar-refractivity contribution in [3.05, 3.63) is 59.7 Å². The van der Waals surface area contributed by atoms with Gasteiger partial charge in [0, 0.05) is 16.7 Å². The second kappa shape index (κ2) is 7.77. The standard InChI is InChI=1S/C19H19N5O3/c1-3-27-16-10-8-13(9-11-16)17(25)12(2)24-22-19(21-23-24)15-6-4-14(5-7-15)18(20)26/h4-12H,3H2,1-2H3,(H2,20,26)/t12-/m1/s1. The van der Waals surface area contributed by atoms with Crippen LogP contribution in [0.5, 0.6) is 5.75 Å². The van der Waals surface area contributed by atoms with E-state index in [0.717, 1.165) is 0 Å². The Balaban J connectivity index is 1.76. The third kappa shape index (κ3) is 4.00. The fourth-order valence-corrected chi connectivity index (χ4v) is 2.52. The molecule has 2 aromatic carbocycles. The Hall–Kier alpha value is -3.55. The fraction of sp³-hybridized carbons (Fsp3) is 0.211. The summed E-state index contributed by atoms with van der Waals surface area (Å²) in [6.45, 7) is 4.17. The van der Waals surface area contributed by atoms with E-state index >= 15 is 0 Å². The molecule has 0 saturated heterocycles. The number of nitrogens with two attached hydrogens (primary N) is 1. The fourth-order valence-electron chi connectivity index (χ4n) is 2.52. The number of primary amides is 1. The van der Waals surface area contributed by atoms with Gasteiger partial charge in [-0.2, -0.15) is 4.80 Å². The third-order valence-corrected chi connectivity index (χ3v) is 4.03. The molecule has 8 nitrogen and oxygen atoms in total. The average molecular weight is 365 g/mol. The Labute approximate surface area is 155 Å².